The third-order valence-corrected chi connectivity index (χ3v) is 7.45. The zero-order valence-electron chi connectivity index (χ0n) is 19.2. The summed E-state index contributed by atoms with van der Waals surface area (Å²) in [5.74, 6) is 0.582. The van der Waals surface area contributed by atoms with Crippen molar-refractivity contribution in [3.63, 3.8) is 0 Å². The molecule has 174 valence electrons. The van der Waals surface area contributed by atoms with Gasteiger partial charge in [-0.2, -0.15) is 0 Å². The second-order valence-electron chi connectivity index (χ2n) is 8.42. The van der Waals surface area contributed by atoms with Gasteiger partial charge in [-0.15, -0.1) is 0 Å². The van der Waals surface area contributed by atoms with Crippen molar-refractivity contribution in [2.24, 2.45) is 0 Å². The average Bonchev–Trinajstić information content (AvgIpc) is 3.12. The number of hydrogen-bond donors (Lipinski definition) is 0. The van der Waals surface area contributed by atoms with Crippen LogP contribution >= 0.6 is 35.6 Å². The van der Waals surface area contributed by atoms with Gasteiger partial charge in [0.25, 0.3) is 5.91 Å². The fourth-order valence-corrected chi connectivity index (χ4v) is 5.55. The van der Waals surface area contributed by atoms with Crippen LogP contribution in [0.1, 0.15) is 22.3 Å². The zero-order valence-corrected chi connectivity index (χ0v) is 21.6. The summed E-state index contributed by atoms with van der Waals surface area (Å²) >= 11 is 13.0. The first-order valence-electron chi connectivity index (χ1n) is 11.1. The zero-order chi connectivity index (χ0) is 24.5. The number of benzene rings is 4. The standard InChI is InChI=1S/C29H22ClNO2S2/c1-18-7-13-25(19(2)15-18)31-28(32)27(35-29(31)34)16-24-23-6-4-3-5-21(23)10-14-26(24)33-17-20-8-11-22(30)12-9-20/h3-16H,17H2,1-2H3/b27-16-. The van der Waals surface area contributed by atoms with E-state index in [1.807, 2.05) is 86.7 Å². The molecule has 5 rings (SSSR count). The second kappa shape index (κ2) is 9.86. The maximum atomic E-state index is 13.5. The molecule has 0 bridgehead atoms. The SMILES string of the molecule is Cc1ccc(N2C(=O)/C(=C/c3c(OCc4ccc(Cl)cc4)ccc4ccccc34)SC2=S)c(C)c1. The number of nitrogens with zero attached hydrogens (tertiary/aromatic N) is 1. The van der Waals surface area contributed by atoms with Crippen molar-refractivity contribution in [2.75, 3.05) is 4.90 Å². The van der Waals surface area contributed by atoms with Crippen LogP contribution in [0.4, 0.5) is 5.69 Å². The first kappa shape index (κ1) is 23.6. The average molecular weight is 516 g/mol. The highest BCUT2D eigenvalue weighted by molar-refractivity contribution is 8.27. The van der Waals surface area contributed by atoms with E-state index in [1.54, 1.807) is 4.90 Å². The predicted molar refractivity (Wildman–Crippen MR) is 151 cm³/mol. The van der Waals surface area contributed by atoms with Crippen LogP contribution in [0.3, 0.4) is 0 Å². The van der Waals surface area contributed by atoms with Crippen LogP contribution < -0.4 is 9.64 Å². The number of halogens is 1. The molecule has 0 aromatic heterocycles. The molecule has 0 saturated carbocycles. The van der Waals surface area contributed by atoms with E-state index < -0.39 is 0 Å². The molecule has 0 unspecified atom stereocenters. The lowest BCUT2D eigenvalue weighted by Gasteiger charge is -2.17. The summed E-state index contributed by atoms with van der Waals surface area (Å²) in [6, 6.07) is 25.7. The highest BCUT2D eigenvalue weighted by Crippen LogP contribution is 2.40. The highest BCUT2D eigenvalue weighted by atomic mass is 35.5. The van der Waals surface area contributed by atoms with Gasteiger partial charge in [0.1, 0.15) is 12.4 Å². The van der Waals surface area contributed by atoms with Crippen molar-refractivity contribution >= 4 is 68.3 Å². The van der Waals surface area contributed by atoms with Crippen LogP contribution in [0.15, 0.2) is 83.8 Å². The molecule has 1 saturated heterocycles. The Morgan fingerprint density at radius 1 is 1.00 bits per heavy atom. The number of ether oxygens (including phenoxy) is 1. The van der Waals surface area contributed by atoms with E-state index >= 15 is 0 Å². The van der Waals surface area contributed by atoms with Gasteiger partial charge in [-0.1, -0.05) is 95.7 Å². The van der Waals surface area contributed by atoms with Gasteiger partial charge in [-0.3, -0.25) is 9.69 Å². The molecule has 1 aliphatic rings. The van der Waals surface area contributed by atoms with Gasteiger partial charge >= 0.3 is 0 Å². The summed E-state index contributed by atoms with van der Waals surface area (Å²) in [6.07, 6.45) is 1.91. The molecule has 4 aromatic rings. The number of hydrogen-bond acceptors (Lipinski definition) is 4. The minimum absolute atomic E-state index is 0.122. The number of amides is 1. The lowest BCUT2D eigenvalue weighted by Crippen LogP contribution is -2.28. The van der Waals surface area contributed by atoms with Gasteiger partial charge in [0.05, 0.1) is 10.6 Å². The molecular weight excluding hydrogens is 494 g/mol. The van der Waals surface area contributed by atoms with Gasteiger partial charge in [0.2, 0.25) is 0 Å². The van der Waals surface area contributed by atoms with E-state index in [-0.39, 0.29) is 5.91 Å². The van der Waals surface area contributed by atoms with Crippen molar-refractivity contribution in [3.8, 4) is 5.75 Å². The van der Waals surface area contributed by atoms with Crippen molar-refractivity contribution in [3.05, 3.63) is 111 Å². The van der Waals surface area contributed by atoms with Gasteiger partial charge in [0.15, 0.2) is 4.32 Å². The van der Waals surface area contributed by atoms with Gasteiger partial charge in [-0.25, -0.2) is 0 Å². The fraction of sp³-hybridized carbons (Fsp3) is 0.103. The number of anilines is 1. The van der Waals surface area contributed by atoms with Crippen LogP contribution in [0, 0.1) is 13.8 Å². The molecule has 0 atom stereocenters. The minimum Gasteiger partial charge on any atom is -0.488 e. The summed E-state index contributed by atoms with van der Waals surface area (Å²) in [5.41, 5.74) is 4.84. The third-order valence-electron chi connectivity index (χ3n) is 5.90. The van der Waals surface area contributed by atoms with E-state index in [2.05, 4.69) is 12.1 Å². The van der Waals surface area contributed by atoms with Crippen molar-refractivity contribution in [1.29, 1.82) is 0 Å². The number of fused-ring (bicyclic) bond motifs is 1. The summed E-state index contributed by atoms with van der Waals surface area (Å²) in [4.78, 5) is 15.7. The van der Waals surface area contributed by atoms with E-state index in [9.17, 15) is 4.79 Å². The quantitative estimate of drug-likeness (QED) is 0.198. The molecule has 3 nitrogen and oxygen atoms in total. The van der Waals surface area contributed by atoms with E-state index in [0.717, 1.165) is 38.7 Å². The van der Waals surface area contributed by atoms with Crippen molar-refractivity contribution in [1.82, 2.24) is 0 Å². The molecule has 1 fully saturated rings. The van der Waals surface area contributed by atoms with Crippen molar-refractivity contribution < 1.29 is 9.53 Å². The summed E-state index contributed by atoms with van der Waals surface area (Å²) in [6.45, 7) is 4.42. The second-order valence-corrected chi connectivity index (χ2v) is 10.5. The topological polar surface area (TPSA) is 29.5 Å². The normalized spacial score (nSPS) is 14.8. The fourth-order valence-electron chi connectivity index (χ4n) is 4.15. The molecule has 1 heterocycles. The molecule has 6 heteroatoms. The van der Waals surface area contributed by atoms with E-state index in [0.29, 0.717) is 26.6 Å². The van der Waals surface area contributed by atoms with Crippen LogP contribution in [0.5, 0.6) is 5.75 Å². The molecule has 0 radical (unpaired) electrons. The molecule has 1 aliphatic heterocycles. The third kappa shape index (κ3) is 4.85. The number of carbonyl (C=O) groups is 1. The van der Waals surface area contributed by atoms with Crippen LogP contribution in [-0.4, -0.2) is 10.2 Å². The molecule has 1 amide bonds. The lowest BCUT2D eigenvalue weighted by molar-refractivity contribution is -0.113. The maximum Gasteiger partial charge on any atom is 0.270 e. The molecule has 4 aromatic carbocycles. The Morgan fingerprint density at radius 2 is 1.77 bits per heavy atom. The molecule has 0 aliphatic carbocycles. The Hall–Kier alpha value is -3.12. The molecule has 35 heavy (non-hydrogen) atoms. The first-order chi connectivity index (χ1) is 16.9. The molecule has 0 N–H and O–H groups in total. The van der Waals surface area contributed by atoms with Gasteiger partial charge in [0, 0.05) is 10.6 Å². The largest absolute Gasteiger partial charge is 0.488 e. The first-order valence-corrected chi connectivity index (χ1v) is 12.8. The number of carbonyl (C=O) groups excluding carboxylic acids is 1. The number of thioether (sulfide) groups is 1. The van der Waals surface area contributed by atoms with Crippen LogP contribution in [0.25, 0.3) is 16.8 Å². The number of thiocarbonyl (C=S) groups is 1. The summed E-state index contributed by atoms with van der Waals surface area (Å²) in [7, 11) is 0. The predicted octanol–water partition coefficient (Wildman–Crippen LogP) is 8.09. The Kier molecular flexibility index (Phi) is 6.65. The number of aryl methyl sites for hydroxylation is 2. The van der Waals surface area contributed by atoms with Crippen LogP contribution in [-0.2, 0) is 11.4 Å². The van der Waals surface area contributed by atoms with Gasteiger partial charge in [-0.05, 0) is 66.1 Å². The summed E-state index contributed by atoms with van der Waals surface area (Å²) < 4.78 is 6.76. The lowest BCUT2D eigenvalue weighted by atomic mass is 10.0. The maximum absolute atomic E-state index is 13.5. The summed E-state index contributed by atoms with van der Waals surface area (Å²) in [5, 5.41) is 2.77. The Bertz CT molecular complexity index is 1490. The van der Waals surface area contributed by atoms with Gasteiger partial charge < -0.3 is 4.74 Å². The molecular formula is C29H22ClNO2S2. The van der Waals surface area contributed by atoms with E-state index in [1.165, 1.54) is 11.8 Å². The Morgan fingerprint density at radius 3 is 2.54 bits per heavy atom. The monoisotopic (exact) mass is 515 g/mol. The highest BCUT2D eigenvalue weighted by Gasteiger charge is 2.34. The minimum atomic E-state index is -0.122. The smallest absolute Gasteiger partial charge is 0.270 e. The van der Waals surface area contributed by atoms with Crippen LogP contribution in [0.2, 0.25) is 5.02 Å². The molecule has 0 spiro atoms. The van der Waals surface area contributed by atoms with E-state index in [4.69, 9.17) is 28.6 Å². The Labute approximate surface area is 219 Å². The van der Waals surface area contributed by atoms with Crippen molar-refractivity contribution in [2.45, 2.75) is 20.5 Å². The number of rotatable bonds is 5. The Balaban J connectivity index is 1.53.